The number of H-pyrrole nitrogens is 1. The molecule has 2 aliphatic rings. The van der Waals surface area contributed by atoms with E-state index in [9.17, 15) is 4.79 Å². The molecule has 6 nitrogen and oxygen atoms in total. The number of hydrogen-bond acceptors (Lipinski definition) is 4. The Hall–Kier alpha value is -3.12. The summed E-state index contributed by atoms with van der Waals surface area (Å²) in [4.78, 5) is 23.8. The van der Waals surface area contributed by atoms with Gasteiger partial charge in [0.25, 0.3) is 0 Å². The van der Waals surface area contributed by atoms with Crippen LogP contribution >= 0.6 is 0 Å². The van der Waals surface area contributed by atoms with E-state index in [1.165, 1.54) is 22.2 Å². The van der Waals surface area contributed by atoms with Gasteiger partial charge in [0.2, 0.25) is 5.91 Å². The van der Waals surface area contributed by atoms with Crippen LogP contribution in [0.3, 0.4) is 0 Å². The van der Waals surface area contributed by atoms with Crippen molar-refractivity contribution in [3.05, 3.63) is 65.1 Å². The van der Waals surface area contributed by atoms with Gasteiger partial charge in [-0.1, -0.05) is 19.9 Å². The molecular weight excluding hydrogens is 386 g/mol. The number of aromatic amines is 1. The van der Waals surface area contributed by atoms with Crippen molar-refractivity contribution in [3.63, 3.8) is 0 Å². The number of hydrazine groups is 1. The molecule has 1 aliphatic carbocycles. The van der Waals surface area contributed by atoms with Crippen LogP contribution in [0.5, 0.6) is 0 Å². The SMILES string of the molecule is CCC1(CC)C(=O)N(c2ccccn2)c2cc3c4c([nH]c3cc21)C/C(=C\NN)CCC4. The van der Waals surface area contributed by atoms with Gasteiger partial charge in [0.15, 0.2) is 0 Å². The fourth-order valence-electron chi connectivity index (χ4n) is 5.48. The molecule has 0 saturated carbocycles. The minimum Gasteiger partial charge on any atom is -0.358 e. The zero-order valence-electron chi connectivity index (χ0n) is 18.2. The topological polar surface area (TPSA) is 87.0 Å². The number of anilines is 2. The van der Waals surface area contributed by atoms with Crippen LogP contribution in [0.2, 0.25) is 0 Å². The number of fused-ring (bicyclic) bond motifs is 4. The van der Waals surface area contributed by atoms with Gasteiger partial charge >= 0.3 is 0 Å². The highest BCUT2D eigenvalue weighted by Crippen LogP contribution is 2.50. The first kappa shape index (κ1) is 19.8. The van der Waals surface area contributed by atoms with E-state index >= 15 is 0 Å². The monoisotopic (exact) mass is 415 g/mol. The van der Waals surface area contributed by atoms with Gasteiger partial charge in [-0.2, -0.15) is 0 Å². The third-order valence-electron chi connectivity index (χ3n) is 7.18. The molecule has 5 rings (SSSR count). The Balaban J connectivity index is 1.73. The normalized spacial score (nSPS) is 18.9. The summed E-state index contributed by atoms with van der Waals surface area (Å²) in [6, 6.07) is 10.2. The number of benzene rings is 1. The first-order valence-corrected chi connectivity index (χ1v) is 11.2. The van der Waals surface area contributed by atoms with Crippen molar-refractivity contribution < 1.29 is 4.79 Å². The molecule has 1 aliphatic heterocycles. The van der Waals surface area contributed by atoms with Gasteiger partial charge < -0.3 is 10.4 Å². The predicted molar refractivity (Wildman–Crippen MR) is 124 cm³/mol. The smallest absolute Gasteiger partial charge is 0.243 e. The maximum Gasteiger partial charge on any atom is 0.243 e. The van der Waals surface area contributed by atoms with Crippen LogP contribution < -0.4 is 16.2 Å². The Labute approximate surface area is 182 Å². The van der Waals surface area contributed by atoms with Crippen LogP contribution in [0, 0.1) is 0 Å². The predicted octanol–water partition coefficient (Wildman–Crippen LogP) is 4.53. The van der Waals surface area contributed by atoms with Crippen LogP contribution in [-0.4, -0.2) is 15.9 Å². The second-order valence-corrected chi connectivity index (χ2v) is 8.61. The summed E-state index contributed by atoms with van der Waals surface area (Å²) >= 11 is 0. The molecular formula is C25H29N5O. The van der Waals surface area contributed by atoms with Gasteiger partial charge in [-0.05, 0) is 73.1 Å². The Morgan fingerprint density at radius 1 is 1.26 bits per heavy atom. The highest BCUT2D eigenvalue weighted by atomic mass is 16.2. The lowest BCUT2D eigenvalue weighted by Gasteiger charge is -2.25. The second kappa shape index (κ2) is 7.54. The summed E-state index contributed by atoms with van der Waals surface area (Å²) in [5, 5.41) is 1.22. The highest BCUT2D eigenvalue weighted by Gasteiger charge is 2.49. The van der Waals surface area contributed by atoms with Gasteiger partial charge in [-0.15, -0.1) is 0 Å². The van der Waals surface area contributed by atoms with Crippen LogP contribution in [0.25, 0.3) is 10.9 Å². The van der Waals surface area contributed by atoms with Gasteiger partial charge in [0, 0.05) is 35.4 Å². The number of aromatic nitrogens is 2. The van der Waals surface area contributed by atoms with Crippen LogP contribution in [0.4, 0.5) is 11.5 Å². The number of rotatable bonds is 4. The molecule has 1 amide bonds. The Morgan fingerprint density at radius 2 is 2.10 bits per heavy atom. The van der Waals surface area contributed by atoms with E-state index in [0.29, 0.717) is 5.82 Å². The van der Waals surface area contributed by atoms with E-state index < -0.39 is 5.41 Å². The average molecular weight is 416 g/mol. The number of nitrogens with one attached hydrogen (secondary N) is 2. The zero-order valence-corrected chi connectivity index (χ0v) is 18.2. The lowest BCUT2D eigenvalue weighted by molar-refractivity contribution is -0.122. The standard InChI is InChI=1S/C25H29N5O/c1-3-25(4-2)19-14-21-18(17-9-7-8-16(15-28-26)12-20(17)29-21)13-22(19)30(24(25)31)23-10-5-6-11-27-23/h5-6,10-11,13-15,28-29H,3-4,7-9,12,26H2,1-2H3/b16-15-. The number of amides is 1. The molecule has 0 unspecified atom stereocenters. The first-order valence-electron chi connectivity index (χ1n) is 11.2. The van der Waals surface area contributed by atoms with Crippen molar-refractivity contribution in [2.75, 3.05) is 4.90 Å². The van der Waals surface area contributed by atoms with E-state index in [1.54, 1.807) is 6.20 Å². The Morgan fingerprint density at radius 3 is 2.81 bits per heavy atom. The van der Waals surface area contributed by atoms with Gasteiger partial charge in [0.05, 0.1) is 11.1 Å². The van der Waals surface area contributed by atoms with Gasteiger partial charge in [-0.25, -0.2) is 4.98 Å². The molecule has 0 radical (unpaired) electrons. The van der Waals surface area contributed by atoms with Gasteiger partial charge in [0.1, 0.15) is 5.82 Å². The fourth-order valence-corrected chi connectivity index (χ4v) is 5.48. The number of allylic oxidation sites excluding steroid dienone is 1. The molecule has 160 valence electrons. The summed E-state index contributed by atoms with van der Waals surface area (Å²) < 4.78 is 0. The summed E-state index contributed by atoms with van der Waals surface area (Å²) in [7, 11) is 0. The minimum atomic E-state index is -0.516. The third kappa shape index (κ3) is 2.89. The summed E-state index contributed by atoms with van der Waals surface area (Å²) in [6.45, 7) is 4.22. The van der Waals surface area contributed by atoms with Crippen molar-refractivity contribution in [2.45, 2.75) is 57.8 Å². The fraction of sp³-hybridized carbons (Fsp3) is 0.360. The van der Waals surface area contributed by atoms with Crippen molar-refractivity contribution in [3.8, 4) is 0 Å². The van der Waals surface area contributed by atoms with Crippen molar-refractivity contribution >= 4 is 28.3 Å². The second-order valence-electron chi connectivity index (χ2n) is 8.61. The first-order chi connectivity index (χ1) is 15.1. The number of nitrogens with zero attached hydrogens (tertiary/aromatic N) is 2. The van der Waals surface area contributed by atoms with E-state index in [1.807, 2.05) is 29.3 Å². The molecule has 4 N–H and O–H groups in total. The van der Waals surface area contributed by atoms with E-state index in [4.69, 9.17) is 5.84 Å². The molecule has 2 aromatic heterocycles. The Bertz CT molecular complexity index is 1170. The average Bonchev–Trinajstić information content (AvgIpc) is 3.14. The number of hydrogen-bond donors (Lipinski definition) is 3. The Kier molecular flexibility index (Phi) is 4.82. The maximum atomic E-state index is 13.8. The van der Waals surface area contributed by atoms with Gasteiger partial charge in [-0.3, -0.25) is 15.5 Å². The summed E-state index contributed by atoms with van der Waals surface area (Å²) in [5.74, 6) is 6.36. The van der Waals surface area contributed by atoms with Crippen LogP contribution in [0.1, 0.15) is 56.4 Å². The molecule has 31 heavy (non-hydrogen) atoms. The summed E-state index contributed by atoms with van der Waals surface area (Å²) in [6.07, 6.45) is 9.20. The van der Waals surface area contributed by atoms with Crippen molar-refractivity contribution in [2.24, 2.45) is 5.84 Å². The number of pyridine rings is 1. The number of aryl methyl sites for hydroxylation is 1. The lowest BCUT2D eigenvalue weighted by Crippen LogP contribution is -2.37. The molecule has 1 aromatic carbocycles. The lowest BCUT2D eigenvalue weighted by atomic mass is 9.76. The molecule has 0 atom stereocenters. The minimum absolute atomic E-state index is 0.129. The van der Waals surface area contributed by atoms with Crippen molar-refractivity contribution in [1.29, 1.82) is 0 Å². The number of carbonyl (C=O) groups is 1. The van der Waals surface area contributed by atoms with Crippen LogP contribution in [-0.2, 0) is 23.1 Å². The summed E-state index contributed by atoms with van der Waals surface area (Å²) in [5.41, 5.74) is 9.30. The van der Waals surface area contributed by atoms with E-state index in [0.717, 1.165) is 55.3 Å². The largest absolute Gasteiger partial charge is 0.358 e. The van der Waals surface area contributed by atoms with Crippen molar-refractivity contribution in [1.82, 2.24) is 15.4 Å². The number of nitrogens with two attached hydrogens (primary N) is 1. The quantitative estimate of drug-likeness (QED) is 0.332. The molecule has 0 fully saturated rings. The van der Waals surface area contributed by atoms with Crippen LogP contribution in [0.15, 0.2) is 48.3 Å². The molecule has 0 saturated heterocycles. The van der Waals surface area contributed by atoms with E-state index in [2.05, 4.69) is 41.4 Å². The van der Waals surface area contributed by atoms with E-state index in [-0.39, 0.29) is 5.91 Å². The third-order valence-corrected chi connectivity index (χ3v) is 7.18. The molecule has 0 spiro atoms. The number of carbonyl (C=O) groups excluding carboxylic acids is 1. The molecule has 3 heterocycles. The molecule has 0 bridgehead atoms. The highest BCUT2D eigenvalue weighted by molar-refractivity contribution is 6.14. The molecule has 6 heteroatoms. The molecule has 3 aromatic rings. The zero-order chi connectivity index (χ0) is 21.6. The maximum absolute atomic E-state index is 13.8.